The van der Waals surface area contributed by atoms with E-state index < -0.39 is 0 Å². The summed E-state index contributed by atoms with van der Waals surface area (Å²) < 4.78 is 1.93. The molecule has 2 N–H and O–H groups in total. The lowest BCUT2D eigenvalue weighted by Crippen LogP contribution is -2.50. The lowest BCUT2D eigenvalue weighted by molar-refractivity contribution is -0.136. The molecule has 154 valence electrons. The van der Waals surface area contributed by atoms with Gasteiger partial charge in [-0.15, -0.1) is 24.0 Å². The number of amides is 1. The number of nitrogens with one attached hydrogen (secondary N) is 2. The number of carbonyl (C=O) groups excluding carboxylic acids is 1. The van der Waals surface area contributed by atoms with E-state index in [-0.39, 0.29) is 29.9 Å². The first-order valence-corrected chi connectivity index (χ1v) is 9.82. The van der Waals surface area contributed by atoms with Crippen molar-refractivity contribution in [3.05, 3.63) is 18.0 Å². The molecule has 2 rings (SSSR count). The van der Waals surface area contributed by atoms with E-state index in [0.717, 1.165) is 57.8 Å². The van der Waals surface area contributed by atoms with Gasteiger partial charge in [-0.25, -0.2) is 0 Å². The Morgan fingerprint density at radius 3 is 2.52 bits per heavy atom. The summed E-state index contributed by atoms with van der Waals surface area (Å²) in [6, 6.07) is 0.360. The van der Waals surface area contributed by atoms with Crippen LogP contribution in [-0.4, -0.2) is 59.3 Å². The van der Waals surface area contributed by atoms with Gasteiger partial charge in [-0.2, -0.15) is 5.10 Å². The van der Waals surface area contributed by atoms with Crippen molar-refractivity contribution in [3.8, 4) is 0 Å². The van der Waals surface area contributed by atoms with Crippen LogP contribution in [0.25, 0.3) is 0 Å². The number of guanidine groups is 1. The van der Waals surface area contributed by atoms with E-state index >= 15 is 0 Å². The molecule has 0 aliphatic carbocycles. The Morgan fingerprint density at radius 1 is 1.33 bits per heavy atom. The molecule has 1 aliphatic heterocycles. The number of hydrogen-bond acceptors (Lipinski definition) is 3. The summed E-state index contributed by atoms with van der Waals surface area (Å²) in [5, 5.41) is 11.1. The minimum atomic E-state index is 0. The molecule has 1 fully saturated rings. The normalized spacial score (nSPS) is 15.6. The molecular weight excluding hydrogens is 455 g/mol. The van der Waals surface area contributed by atoms with Crippen LogP contribution in [0.3, 0.4) is 0 Å². The molecule has 7 nitrogen and oxygen atoms in total. The number of rotatable bonds is 7. The highest BCUT2D eigenvalue weighted by Crippen LogP contribution is 2.17. The fourth-order valence-corrected chi connectivity index (χ4v) is 3.41. The van der Waals surface area contributed by atoms with Crippen molar-refractivity contribution >= 4 is 35.8 Å². The Labute approximate surface area is 180 Å². The smallest absolute Gasteiger partial charge is 0.225 e. The number of halogens is 1. The predicted molar refractivity (Wildman–Crippen MR) is 121 cm³/mol. The monoisotopic (exact) mass is 490 g/mol. The van der Waals surface area contributed by atoms with Crippen molar-refractivity contribution in [3.63, 3.8) is 0 Å². The number of hydrogen-bond donors (Lipinski definition) is 2. The molecule has 0 radical (unpaired) electrons. The van der Waals surface area contributed by atoms with E-state index in [1.165, 1.54) is 5.56 Å². The Balaban J connectivity index is 0.00000364. The second-order valence-electron chi connectivity index (χ2n) is 7.04. The van der Waals surface area contributed by atoms with Crippen molar-refractivity contribution in [1.82, 2.24) is 25.3 Å². The number of nitrogens with zero attached hydrogens (tertiary/aromatic N) is 4. The van der Waals surface area contributed by atoms with Gasteiger partial charge >= 0.3 is 0 Å². The van der Waals surface area contributed by atoms with Gasteiger partial charge in [-0.1, -0.05) is 13.8 Å². The molecular formula is C19H35IN6O. The number of aliphatic imine (C=N–C) groups is 1. The summed E-state index contributed by atoms with van der Waals surface area (Å²) in [5.74, 6) is 1.32. The van der Waals surface area contributed by atoms with E-state index in [0.29, 0.717) is 11.9 Å². The fraction of sp³-hybridized carbons (Fsp3) is 0.737. The van der Waals surface area contributed by atoms with Crippen LogP contribution in [-0.2, 0) is 11.3 Å². The summed E-state index contributed by atoms with van der Waals surface area (Å²) >= 11 is 0. The number of aromatic nitrogens is 2. The molecule has 1 aromatic rings. The SMILES string of the molecule is CCC(CC)C(=O)N1CCC(NC(=NC)NCCn2cc(C)cn2)CC1.I. The van der Waals surface area contributed by atoms with E-state index in [1.54, 1.807) is 7.05 Å². The van der Waals surface area contributed by atoms with Crippen molar-refractivity contribution in [1.29, 1.82) is 0 Å². The molecule has 0 aromatic carbocycles. The molecule has 1 aliphatic rings. The van der Waals surface area contributed by atoms with Crippen molar-refractivity contribution in [2.24, 2.45) is 10.9 Å². The van der Waals surface area contributed by atoms with Gasteiger partial charge in [0.05, 0.1) is 12.7 Å². The molecule has 0 unspecified atom stereocenters. The second-order valence-corrected chi connectivity index (χ2v) is 7.04. The van der Waals surface area contributed by atoms with Crippen molar-refractivity contribution in [2.45, 2.75) is 59.0 Å². The van der Waals surface area contributed by atoms with Crippen LogP contribution < -0.4 is 10.6 Å². The molecule has 1 aromatic heterocycles. The number of likely N-dealkylation sites (tertiary alicyclic amines) is 1. The highest BCUT2D eigenvalue weighted by atomic mass is 127. The predicted octanol–water partition coefficient (Wildman–Crippen LogP) is 2.40. The maximum atomic E-state index is 12.5. The third-order valence-electron chi connectivity index (χ3n) is 5.10. The van der Waals surface area contributed by atoms with Gasteiger partial charge < -0.3 is 15.5 Å². The van der Waals surface area contributed by atoms with Crippen LogP contribution in [0.15, 0.2) is 17.4 Å². The lowest BCUT2D eigenvalue weighted by atomic mass is 9.98. The molecule has 0 spiro atoms. The Morgan fingerprint density at radius 2 is 2.00 bits per heavy atom. The minimum Gasteiger partial charge on any atom is -0.355 e. The largest absolute Gasteiger partial charge is 0.355 e. The standard InChI is InChI=1S/C19H34N6O.HI/c1-5-16(6-2)18(26)24-10-7-17(8-11-24)23-19(20-4)21-9-12-25-14-15(3)13-22-25;/h13-14,16-17H,5-12H2,1-4H3,(H2,20,21,23);1H. The zero-order chi connectivity index (χ0) is 18.9. The van der Waals surface area contributed by atoms with Gasteiger partial charge in [-0.3, -0.25) is 14.5 Å². The highest BCUT2D eigenvalue weighted by Gasteiger charge is 2.26. The number of carbonyl (C=O) groups is 1. The molecule has 2 heterocycles. The maximum absolute atomic E-state index is 12.5. The maximum Gasteiger partial charge on any atom is 0.225 e. The number of piperidine rings is 1. The fourth-order valence-electron chi connectivity index (χ4n) is 3.41. The molecule has 27 heavy (non-hydrogen) atoms. The lowest BCUT2D eigenvalue weighted by Gasteiger charge is -2.34. The highest BCUT2D eigenvalue weighted by molar-refractivity contribution is 14.0. The summed E-state index contributed by atoms with van der Waals surface area (Å²) in [7, 11) is 1.79. The average molecular weight is 490 g/mol. The van der Waals surface area contributed by atoms with Crippen LogP contribution in [0.4, 0.5) is 0 Å². The zero-order valence-corrected chi connectivity index (χ0v) is 19.4. The molecule has 0 atom stereocenters. The van der Waals surface area contributed by atoms with Crippen LogP contribution in [0, 0.1) is 12.8 Å². The van der Waals surface area contributed by atoms with Gasteiger partial charge in [0.1, 0.15) is 0 Å². The summed E-state index contributed by atoms with van der Waals surface area (Å²) in [6.45, 7) is 9.47. The topological polar surface area (TPSA) is 74.6 Å². The van der Waals surface area contributed by atoms with Gasteiger partial charge in [0.25, 0.3) is 0 Å². The third-order valence-corrected chi connectivity index (χ3v) is 5.10. The minimum absolute atomic E-state index is 0. The summed E-state index contributed by atoms with van der Waals surface area (Å²) in [6.07, 6.45) is 7.68. The van der Waals surface area contributed by atoms with Crippen molar-refractivity contribution < 1.29 is 4.79 Å². The van der Waals surface area contributed by atoms with Gasteiger partial charge in [0.15, 0.2) is 5.96 Å². The van der Waals surface area contributed by atoms with Gasteiger partial charge in [0.2, 0.25) is 5.91 Å². The zero-order valence-electron chi connectivity index (χ0n) is 17.1. The molecule has 0 saturated carbocycles. The van der Waals surface area contributed by atoms with Crippen LogP contribution in [0.5, 0.6) is 0 Å². The van der Waals surface area contributed by atoms with Gasteiger partial charge in [0, 0.05) is 44.8 Å². The second kappa shape index (κ2) is 12.2. The number of aryl methyl sites for hydroxylation is 1. The van der Waals surface area contributed by atoms with E-state index in [4.69, 9.17) is 0 Å². The quantitative estimate of drug-likeness (QED) is 0.350. The van der Waals surface area contributed by atoms with Crippen LogP contribution >= 0.6 is 24.0 Å². The van der Waals surface area contributed by atoms with Crippen molar-refractivity contribution in [2.75, 3.05) is 26.7 Å². The summed E-state index contributed by atoms with van der Waals surface area (Å²) in [4.78, 5) is 18.8. The Bertz CT molecular complexity index is 591. The van der Waals surface area contributed by atoms with E-state index in [9.17, 15) is 4.79 Å². The van der Waals surface area contributed by atoms with E-state index in [2.05, 4.69) is 34.6 Å². The van der Waals surface area contributed by atoms with Gasteiger partial charge in [-0.05, 0) is 38.2 Å². The molecule has 8 heteroatoms. The molecule has 0 bridgehead atoms. The first-order valence-electron chi connectivity index (χ1n) is 9.82. The van der Waals surface area contributed by atoms with Crippen LogP contribution in [0.1, 0.15) is 45.1 Å². The Kier molecular flexibility index (Phi) is 10.7. The van der Waals surface area contributed by atoms with E-state index in [1.807, 2.05) is 28.9 Å². The molecule has 1 amide bonds. The summed E-state index contributed by atoms with van der Waals surface area (Å²) in [5.41, 5.74) is 1.17. The third kappa shape index (κ3) is 7.31. The first kappa shape index (κ1) is 23.7. The average Bonchev–Trinajstić information content (AvgIpc) is 3.07. The first-order chi connectivity index (χ1) is 12.6. The molecule has 1 saturated heterocycles. The Hall–Kier alpha value is -1.32. The van der Waals surface area contributed by atoms with Crippen LogP contribution in [0.2, 0.25) is 0 Å².